The minimum atomic E-state index is -0.323. The molecule has 0 saturated carbocycles. The average Bonchev–Trinajstić information content (AvgIpc) is 3.35. The number of amides is 2. The second-order valence-corrected chi connectivity index (χ2v) is 8.93. The number of benzene rings is 1. The van der Waals surface area contributed by atoms with E-state index in [-0.39, 0.29) is 11.8 Å². The second-order valence-electron chi connectivity index (χ2n) is 8.09. The predicted molar refractivity (Wildman–Crippen MR) is 128 cm³/mol. The molecule has 0 atom stereocenters. The highest BCUT2D eigenvalue weighted by Crippen LogP contribution is 2.24. The zero-order chi connectivity index (χ0) is 23.0. The molecule has 10 heteroatoms. The number of nitrogens with one attached hydrogen (secondary N) is 2. The van der Waals surface area contributed by atoms with Crippen LogP contribution in [0.4, 0.5) is 10.8 Å². The highest BCUT2D eigenvalue weighted by atomic mass is 32.1. The van der Waals surface area contributed by atoms with Crippen LogP contribution in [0.25, 0.3) is 0 Å². The first-order valence-corrected chi connectivity index (χ1v) is 12.3. The number of thiazole rings is 1. The SMILES string of the molecule is CCCNC(=O)c1cc(CN2CCOCC2)ccc1NC(=O)c1csc(N2CCOCC2)n1. The van der Waals surface area contributed by atoms with Gasteiger partial charge in [-0.3, -0.25) is 14.5 Å². The van der Waals surface area contributed by atoms with Crippen molar-refractivity contribution in [2.24, 2.45) is 0 Å². The summed E-state index contributed by atoms with van der Waals surface area (Å²) in [5.41, 5.74) is 2.32. The van der Waals surface area contributed by atoms with E-state index in [9.17, 15) is 9.59 Å². The number of aromatic nitrogens is 1. The Kier molecular flexibility index (Phi) is 8.27. The van der Waals surface area contributed by atoms with Gasteiger partial charge in [-0.2, -0.15) is 0 Å². The molecule has 3 heterocycles. The van der Waals surface area contributed by atoms with E-state index < -0.39 is 0 Å². The van der Waals surface area contributed by atoms with Crippen LogP contribution >= 0.6 is 11.3 Å². The van der Waals surface area contributed by atoms with Crippen LogP contribution in [0.15, 0.2) is 23.6 Å². The average molecular weight is 474 g/mol. The quantitative estimate of drug-likeness (QED) is 0.607. The molecular weight excluding hydrogens is 442 g/mol. The number of morpholine rings is 2. The van der Waals surface area contributed by atoms with Gasteiger partial charge in [-0.05, 0) is 24.1 Å². The maximum atomic E-state index is 12.9. The van der Waals surface area contributed by atoms with E-state index in [2.05, 4.69) is 25.4 Å². The van der Waals surface area contributed by atoms with Crippen molar-refractivity contribution in [2.75, 3.05) is 69.4 Å². The van der Waals surface area contributed by atoms with Crippen molar-refractivity contribution in [1.29, 1.82) is 0 Å². The van der Waals surface area contributed by atoms with Crippen molar-refractivity contribution in [3.8, 4) is 0 Å². The molecule has 2 N–H and O–H groups in total. The lowest BCUT2D eigenvalue weighted by Crippen LogP contribution is -2.36. The monoisotopic (exact) mass is 473 g/mol. The second kappa shape index (κ2) is 11.6. The minimum Gasteiger partial charge on any atom is -0.379 e. The van der Waals surface area contributed by atoms with E-state index in [1.54, 1.807) is 5.38 Å². The summed E-state index contributed by atoms with van der Waals surface area (Å²) in [7, 11) is 0. The van der Waals surface area contributed by atoms with Crippen LogP contribution in [-0.4, -0.2) is 80.8 Å². The van der Waals surface area contributed by atoms with Crippen LogP contribution in [0.1, 0.15) is 39.8 Å². The van der Waals surface area contributed by atoms with Gasteiger partial charge in [-0.1, -0.05) is 13.0 Å². The van der Waals surface area contributed by atoms with Crippen LogP contribution in [0.2, 0.25) is 0 Å². The summed E-state index contributed by atoms with van der Waals surface area (Å²) in [5.74, 6) is -0.514. The van der Waals surface area contributed by atoms with Gasteiger partial charge in [0.1, 0.15) is 5.69 Å². The number of hydrogen-bond donors (Lipinski definition) is 2. The van der Waals surface area contributed by atoms with Gasteiger partial charge in [0.05, 0.1) is 37.7 Å². The van der Waals surface area contributed by atoms with Crippen molar-refractivity contribution in [2.45, 2.75) is 19.9 Å². The standard InChI is InChI=1S/C23H31N5O4S/c1-2-5-24-21(29)18-14-17(15-27-6-10-31-11-7-27)3-4-19(18)25-22(30)20-16-33-23(26-20)28-8-12-32-13-9-28/h3-4,14,16H,2,5-13,15H2,1H3,(H,24,29)(H,25,30). The fraction of sp³-hybridized carbons (Fsp3) is 0.522. The summed E-state index contributed by atoms with van der Waals surface area (Å²) in [6, 6.07) is 5.64. The number of hydrogen-bond acceptors (Lipinski definition) is 8. The van der Waals surface area contributed by atoms with Crippen LogP contribution in [-0.2, 0) is 16.0 Å². The van der Waals surface area contributed by atoms with E-state index in [1.807, 2.05) is 25.1 Å². The molecule has 0 radical (unpaired) electrons. The number of rotatable bonds is 8. The predicted octanol–water partition coefficient (Wildman–Crippen LogP) is 2.20. The normalized spacial score (nSPS) is 17.1. The summed E-state index contributed by atoms with van der Waals surface area (Å²) in [6.45, 7) is 9.35. The third-order valence-electron chi connectivity index (χ3n) is 5.63. The van der Waals surface area contributed by atoms with E-state index >= 15 is 0 Å². The smallest absolute Gasteiger partial charge is 0.275 e. The molecule has 2 amide bonds. The number of nitrogens with zero attached hydrogens (tertiary/aromatic N) is 3. The Morgan fingerprint density at radius 3 is 2.52 bits per heavy atom. The molecule has 2 saturated heterocycles. The van der Waals surface area contributed by atoms with Gasteiger partial charge in [-0.15, -0.1) is 11.3 Å². The van der Waals surface area contributed by atoms with Crippen molar-refractivity contribution in [3.63, 3.8) is 0 Å². The number of ether oxygens (including phenoxy) is 2. The summed E-state index contributed by atoms with van der Waals surface area (Å²) in [4.78, 5) is 34.7. The lowest BCUT2D eigenvalue weighted by atomic mass is 10.1. The summed E-state index contributed by atoms with van der Waals surface area (Å²) in [5, 5.41) is 8.39. The maximum absolute atomic E-state index is 12.9. The largest absolute Gasteiger partial charge is 0.379 e. The molecule has 2 aliphatic heterocycles. The topological polar surface area (TPSA) is 96.0 Å². The van der Waals surface area contributed by atoms with Gasteiger partial charge < -0.3 is 25.0 Å². The molecule has 2 fully saturated rings. The van der Waals surface area contributed by atoms with Gasteiger partial charge in [0, 0.05) is 44.6 Å². The fourth-order valence-electron chi connectivity index (χ4n) is 3.79. The first kappa shape index (κ1) is 23.6. The molecular formula is C23H31N5O4S. The van der Waals surface area contributed by atoms with Crippen molar-refractivity contribution >= 4 is 34.0 Å². The molecule has 1 aromatic heterocycles. The summed E-state index contributed by atoms with van der Waals surface area (Å²) >= 11 is 1.44. The van der Waals surface area contributed by atoms with Gasteiger partial charge in [0.15, 0.2) is 5.13 Å². The third kappa shape index (κ3) is 6.29. The molecule has 0 unspecified atom stereocenters. The van der Waals surface area contributed by atoms with E-state index in [4.69, 9.17) is 9.47 Å². The summed E-state index contributed by atoms with van der Waals surface area (Å²) < 4.78 is 10.8. The molecule has 4 rings (SSSR count). The molecule has 0 bridgehead atoms. The molecule has 0 aliphatic carbocycles. The highest BCUT2D eigenvalue weighted by molar-refractivity contribution is 7.14. The zero-order valence-corrected chi connectivity index (χ0v) is 19.8. The first-order chi connectivity index (χ1) is 16.1. The van der Waals surface area contributed by atoms with E-state index in [0.717, 1.165) is 63.1 Å². The maximum Gasteiger partial charge on any atom is 0.275 e. The molecule has 0 spiro atoms. The minimum absolute atomic E-state index is 0.191. The highest BCUT2D eigenvalue weighted by Gasteiger charge is 2.20. The lowest BCUT2D eigenvalue weighted by Gasteiger charge is -2.26. The van der Waals surface area contributed by atoms with Gasteiger partial charge >= 0.3 is 0 Å². The Bertz CT molecular complexity index is 954. The van der Waals surface area contributed by atoms with Crippen LogP contribution in [0.3, 0.4) is 0 Å². The number of anilines is 2. The molecule has 33 heavy (non-hydrogen) atoms. The third-order valence-corrected chi connectivity index (χ3v) is 6.53. The Labute approximate surface area is 198 Å². The molecule has 9 nitrogen and oxygen atoms in total. The molecule has 2 aromatic rings. The van der Waals surface area contributed by atoms with Gasteiger partial charge in [-0.25, -0.2) is 4.98 Å². The van der Waals surface area contributed by atoms with E-state index in [0.29, 0.717) is 36.7 Å². The Hall–Kier alpha value is -2.53. The first-order valence-electron chi connectivity index (χ1n) is 11.4. The van der Waals surface area contributed by atoms with Crippen LogP contribution in [0.5, 0.6) is 0 Å². The number of carbonyl (C=O) groups is 2. The zero-order valence-electron chi connectivity index (χ0n) is 19.0. The number of carbonyl (C=O) groups excluding carboxylic acids is 2. The lowest BCUT2D eigenvalue weighted by molar-refractivity contribution is 0.0342. The Balaban J connectivity index is 1.49. The fourth-order valence-corrected chi connectivity index (χ4v) is 4.65. The summed E-state index contributed by atoms with van der Waals surface area (Å²) in [6.07, 6.45) is 0.837. The Morgan fingerprint density at radius 2 is 1.79 bits per heavy atom. The molecule has 178 valence electrons. The Morgan fingerprint density at radius 1 is 1.06 bits per heavy atom. The van der Waals surface area contributed by atoms with Crippen molar-refractivity contribution < 1.29 is 19.1 Å². The van der Waals surface area contributed by atoms with Crippen molar-refractivity contribution in [3.05, 3.63) is 40.4 Å². The molecule has 1 aromatic carbocycles. The van der Waals surface area contributed by atoms with Crippen LogP contribution in [0, 0.1) is 0 Å². The molecule has 2 aliphatic rings. The van der Waals surface area contributed by atoms with Gasteiger partial charge in [0.25, 0.3) is 11.8 Å². The van der Waals surface area contributed by atoms with Crippen LogP contribution < -0.4 is 15.5 Å². The van der Waals surface area contributed by atoms with Gasteiger partial charge in [0.2, 0.25) is 0 Å². The van der Waals surface area contributed by atoms with Crippen molar-refractivity contribution in [1.82, 2.24) is 15.2 Å². The van der Waals surface area contributed by atoms with E-state index in [1.165, 1.54) is 11.3 Å².